The van der Waals surface area contributed by atoms with Crippen LogP contribution >= 0.6 is 0 Å². The van der Waals surface area contributed by atoms with Gasteiger partial charge in [-0.15, -0.1) is 0 Å². The highest BCUT2D eigenvalue weighted by molar-refractivity contribution is 5.19. The Morgan fingerprint density at radius 2 is 2.00 bits per heavy atom. The van der Waals surface area contributed by atoms with E-state index in [-0.39, 0.29) is 0 Å². The van der Waals surface area contributed by atoms with Gasteiger partial charge in [0, 0.05) is 25.6 Å². The fourth-order valence-corrected chi connectivity index (χ4v) is 1.02. The predicted octanol–water partition coefficient (Wildman–Crippen LogP) is 1.21. The molecule has 0 radical (unpaired) electrons. The minimum Gasteiger partial charge on any atom is -0.338 e. The van der Waals surface area contributed by atoms with Crippen LogP contribution in [0.2, 0.25) is 0 Å². The van der Waals surface area contributed by atoms with Crippen LogP contribution in [-0.4, -0.2) is 14.1 Å². The zero-order chi connectivity index (χ0) is 7.68. The number of imidazole rings is 1. The van der Waals surface area contributed by atoms with Gasteiger partial charge < -0.3 is 9.13 Å². The molecular formula is C8H9N3. The first-order chi connectivity index (χ1) is 5.36. The Morgan fingerprint density at radius 1 is 1.27 bits per heavy atom. The SMILES string of the molecule is Cn1cnc(-n2cccc2)c1. The van der Waals surface area contributed by atoms with E-state index in [0.29, 0.717) is 0 Å². The van der Waals surface area contributed by atoms with E-state index < -0.39 is 0 Å². The molecule has 0 amide bonds. The summed E-state index contributed by atoms with van der Waals surface area (Å²) in [7, 11) is 1.96. The van der Waals surface area contributed by atoms with E-state index in [4.69, 9.17) is 0 Å². The molecule has 11 heavy (non-hydrogen) atoms. The standard InChI is InChI=1S/C8H9N3/c1-10-6-8(9-7-10)11-4-2-3-5-11/h2-7H,1H3. The average molecular weight is 147 g/mol. The van der Waals surface area contributed by atoms with E-state index in [1.165, 1.54) is 0 Å². The maximum atomic E-state index is 4.18. The molecule has 0 aliphatic carbocycles. The molecular weight excluding hydrogens is 138 g/mol. The third-order valence-electron chi connectivity index (χ3n) is 1.56. The number of aryl methyl sites for hydroxylation is 1. The van der Waals surface area contributed by atoms with E-state index in [2.05, 4.69) is 4.98 Å². The van der Waals surface area contributed by atoms with Crippen molar-refractivity contribution < 1.29 is 0 Å². The van der Waals surface area contributed by atoms with Crippen molar-refractivity contribution in [2.75, 3.05) is 0 Å². The van der Waals surface area contributed by atoms with Crippen LogP contribution in [0.1, 0.15) is 0 Å². The predicted molar refractivity (Wildman–Crippen MR) is 42.5 cm³/mol. The van der Waals surface area contributed by atoms with Gasteiger partial charge in [-0.2, -0.15) is 0 Å². The average Bonchev–Trinajstić information content (AvgIpc) is 2.55. The summed E-state index contributed by atoms with van der Waals surface area (Å²) < 4.78 is 3.90. The highest BCUT2D eigenvalue weighted by atomic mass is 15.1. The highest BCUT2D eigenvalue weighted by Crippen LogP contribution is 2.02. The summed E-state index contributed by atoms with van der Waals surface area (Å²) in [5.74, 6) is 0.956. The molecule has 0 bridgehead atoms. The number of hydrogen-bond donors (Lipinski definition) is 0. The van der Waals surface area contributed by atoms with Crippen molar-refractivity contribution in [3.8, 4) is 5.82 Å². The first-order valence-corrected chi connectivity index (χ1v) is 3.47. The summed E-state index contributed by atoms with van der Waals surface area (Å²) in [6.45, 7) is 0. The van der Waals surface area contributed by atoms with E-state index in [1.807, 2.05) is 46.9 Å². The lowest BCUT2D eigenvalue weighted by Gasteiger charge is -1.93. The molecule has 0 aromatic carbocycles. The third-order valence-corrected chi connectivity index (χ3v) is 1.56. The Balaban J connectivity index is 2.45. The summed E-state index contributed by atoms with van der Waals surface area (Å²) in [4.78, 5) is 4.18. The van der Waals surface area contributed by atoms with Gasteiger partial charge in [-0.3, -0.25) is 0 Å². The smallest absolute Gasteiger partial charge is 0.154 e. The Morgan fingerprint density at radius 3 is 2.55 bits per heavy atom. The fraction of sp³-hybridized carbons (Fsp3) is 0.125. The number of hydrogen-bond acceptors (Lipinski definition) is 1. The van der Waals surface area contributed by atoms with E-state index in [9.17, 15) is 0 Å². The van der Waals surface area contributed by atoms with Gasteiger partial charge in [0.2, 0.25) is 0 Å². The number of nitrogens with zero attached hydrogens (tertiary/aromatic N) is 3. The van der Waals surface area contributed by atoms with Gasteiger partial charge in [-0.05, 0) is 12.1 Å². The van der Waals surface area contributed by atoms with Gasteiger partial charge >= 0.3 is 0 Å². The number of aromatic nitrogens is 3. The molecule has 0 saturated carbocycles. The van der Waals surface area contributed by atoms with Gasteiger partial charge in [0.05, 0.1) is 6.33 Å². The molecule has 2 aromatic heterocycles. The van der Waals surface area contributed by atoms with E-state index in [1.54, 1.807) is 6.33 Å². The molecule has 0 atom stereocenters. The molecule has 0 saturated heterocycles. The Bertz CT molecular complexity index is 332. The fourth-order valence-electron chi connectivity index (χ4n) is 1.02. The van der Waals surface area contributed by atoms with Crippen molar-refractivity contribution in [3.63, 3.8) is 0 Å². The first kappa shape index (κ1) is 6.22. The van der Waals surface area contributed by atoms with Crippen LogP contribution in [0.3, 0.4) is 0 Å². The lowest BCUT2D eigenvalue weighted by molar-refractivity contribution is 0.912. The van der Waals surface area contributed by atoms with Crippen molar-refractivity contribution in [2.24, 2.45) is 7.05 Å². The van der Waals surface area contributed by atoms with Gasteiger partial charge in [0.15, 0.2) is 5.82 Å². The third kappa shape index (κ3) is 1.05. The quantitative estimate of drug-likeness (QED) is 0.594. The molecule has 2 aromatic rings. The maximum Gasteiger partial charge on any atom is 0.154 e. The maximum absolute atomic E-state index is 4.18. The Hall–Kier alpha value is -1.51. The molecule has 3 nitrogen and oxygen atoms in total. The van der Waals surface area contributed by atoms with Crippen molar-refractivity contribution in [2.45, 2.75) is 0 Å². The lowest BCUT2D eigenvalue weighted by atomic mass is 10.7. The molecule has 0 aliphatic rings. The summed E-state index contributed by atoms with van der Waals surface area (Å²) in [6.07, 6.45) is 7.71. The minimum absolute atomic E-state index is 0.956. The monoisotopic (exact) mass is 147 g/mol. The minimum atomic E-state index is 0.956. The van der Waals surface area contributed by atoms with Gasteiger partial charge in [0.1, 0.15) is 0 Å². The molecule has 0 N–H and O–H groups in total. The molecule has 56 valence electrons. The van der Waals surface area contributed by atoms with Crippen LogP contribution in [0.25, 0.3) is 5.82 Å². The van der Waals surface area contributed by atoms with E-state index >= 15 is 0 Å². The van der Waals surface area contributed by atoms with Crippen LogP contribution in [0.15, 0.2) is 37.1 Å². The zero-order valence-corrected chi connectivity index (χ0v) is 6.31. The van der Waals surface area contributed by atoms with E-state index in [0.717, 1.165) is 5.82 Å². The first-order valence-electron chi connectivity index (χ1n) is 3.47. The molecule has 0 fully saturated rings. The van der Waals surface area contributed by atoms with Crippen molar-refractivity contribution in [3.05, 3.63) is 37.1 Å². The van der Waals surface area contributed by atoms with Crippen LogP contribution in [0, 0.1) is 0 Å². The van der Waals surface area contributed by atoms with Crippen LogP contribution < -0.4 is 0 Å². The van der Waals surface area contributed by atoms with Gasteiger partial charge in [0.25, 0.3) is 0 Å². The van der Waals surface area contributed by atoms with Crippen LogP contribution in [0.5, 0.6) is 0 Å². The van der Waals surface area contributed by atoms with Gasteiger partial charge in [-0.25, -0.2) is 4.98 Å². The van der Waals surface area contributed by atoms with Crippen molar-refractivity contribution in [1.29, 1.82) is 0 Å². The summed E-state index contributed by atoms with van der Waals surface area (Å²) in [5, 5.41) is 0. The second-order valence-electron chi connectivity index (χ2n) is 2.49. The molecule has 0 aliphatic heterocycles. The van der Waals surface area contributed by atoms with Crippen molar-refractivity contribution in [1.82, 2.24) is 14.1 Å². The summed E-state index contributed by atoms with van der Waals surface area (Å²) in [5.41, 5.74) is 0. The normalized spacial score (nSPS) is 10.3. The second-order valence-corrected chi connectivity index (χ2v) is 2.49. The molecule has 2 rings (SSSR count). The lowest BCUT2D eigenvalue weighted by Crippen LogP contribution is -1.88. The molecule has 0 spiro atoms. The largest absolute Gasteiger partial charge is 0.338 e. The molecule has 0 unspecified atom stereocenters. The van der Waals surface area contributed by atoms with Crippen LogP contribution in [-0.2, 0) is 7.05 Å². The zero-order valence-electron chi connectivity index (χ0n) is 6.31. The van der Waals surface area contributed by atoms with Crippen molar-refractivity contribution >= 4 is 0 Å². The molecule has 3 heteroatoms. The summed E-state index contributed by atoms with van der Waals surface area (Å²) in [6, 6.07) is 3.96. The molecule has 2 heterocycles. The second kappa shape index (κ2) is 2.27. The highest BCUT2D eigenvalue weighted by Gasteiger charge is 1.95. The Labute approximate surface area is 64.9 Å². The topological polar surface area (TPSA) is 22.8 Å². The number of rotatable bonds is 1. The van der Waals surface area contributed by atoms with Gasteiger partial charge in [-0.1, -0.05) is 0 Å². The summed E-state index contributed by atoms with van der Waals surface area (Å²) >= 11 is 0. The Kier molecular flexibility index (Phi) is 1.28. The van der Waals surface area contributed by atoms with Crippen LogP contribution in [0.4, 0.5) is 0 Å².